The Morgan fingerprint density at radius 3 is 2.47 bits per heavy atom. The van der Waals surface area contributed by atoms with Crippen molar-refractivity contribution in [2.75, 3.05) is 25.9 Å². The molecule has 0 aliphatic rings. The predicted molar refractivity (Wildman–Crippen MR) is 113 cm³/mol. The summed E-state index contributed by atoms with van der Waals surface area (Å²) >= 11 is 4.16. The monoisotopic (exact) mass is 426 g/mol. The number of thiol groups is 1. The Morgan fingerprint density at radius 2 is 1.93 bits per heavy atom. The van der Waals surface area contributed by atoms with Crippen molar-refractivity contribution >= 4 is 24.5 Å². The molecule has 0 unspecified atom stereocenters. The lowest BCUT2D eigenvalue weighted by Crippen LogP contribution is -2.36. The van der Waals surface area contributed by atoms with Crippen LogP contribution in [0.25, 0.3) is 11.3 Å². The molecular weight excluding hydrogens is 404 g/mol. The fourth-order valence-corrected chi connectivity index (χ4v) is 2.68. The van der Waals surface area contributed by atoms with Crippen LogP contribution in [0.4, 0.5) is 10.6 Å². The number of ether oxygens (including phenoxy) is 2. The van der Waals surface area contributed by atoms with Gasteiger partial charge in [0, 0.05) is 12.6 Å². The van der Waals surface area contributed by atoms with Gasteiger partial charge in [-0.1, -0.05) is 0 Å². The summed E-state index contributed by atoms with van der Waals surface area (Å²) in [6.07, 6.45) is 1.02. The lowest BCUT2D eigenvalue weighted by Gasteiger charge is -2.24. The van der Waals surface area contributed by atoms with Crippen molar-refractivity contribution in [3.63, 3.8) is 0 Å². The molecule has 2 heterocycles. The maximum Gasteiger partial charge on any atom is 0.410 e. The van der Waals surface area contributed by atoms with E-state index in [2.05, 4.69) is 22.6 Å². The van der Waals surface area contributed by atoms with Gasteiger partial charge in [-0.15, -0.1) is 12.6 Å². The van der Waals surface area contributed by atoms with Gasteiger partial charge >= 0.3 is 6.09 Å². The Balaban J connectivity index is 2.11. The molecule has 0 fully saturated rings. The second-order valence-electron chi connectivity index (χ2n) is 7.30. The van der Waals surface area contributed by atoms with Crippen molar-refractivity contribution in [3.8, 4) is 29.1 Å². The van der Waals surface area contributed by atoms with Gasteiger partial charge in [0.15, 0.2) is 0 Å². The molecule has 2 aromatic rings. The highest BCUT2D eigenvalue weighted by molar-refractivity contribution is 7.80. The number of rotatable bonds is 5. The van der Waals surface area contributed by atoms with E-state index < -0.39 is 11.7 Å². The third-order valence-corrected chi connectivity index (χ3v) is 4.15. The van der Waals surface area contributed by atoms with Crippen molar-refractivity contribution in [2.24, 2.45) is 0 Å². The van der Waals surface area contributed by atoms with Crippen LogP contribution in [-0.4, -0.2) is 46.8 Å². The Morgan fingerprint density at radius 1 is 1.27 bits per heavy atom. The van der Waals surface area contributed by atoms with Gasteiger partial charge in [0.05, 0.1) is 24.0 Å². The van der Waals surface area contributed by atoms with E-state index in [-0.39, 0.29) is 34.1 Å². The largest absolute Gasteiger partial charge is 0.490 e. The second kappa shape index (κ2) is 9.33. The Kier molecular flexibility index (Phi) is 7.09. The molecule has 0 bridgehead atoms. The van der Waals surface area contributed by atoms with E-state index >= 15 is 0 Å². The van der Waals surface area contributed by atoms with Crippen LogP contribution in [-0.2, 0) is 4.74 Å². The molecule has 2 aromatic heterocycles. The molecule has 0 atom stereocenters. The number of aromatic nitrogens is 2. The normalized spacial score (nSPS) is 10.6. The summed E-state index contributed by atoms with van der Waals surface area (Å²) < 4.78 is 10.9. The fraction of sp³-hybridized carbons (Fsp3) is 0.350. The summed E-state index contributed by atoms with van der Waals surface area (Å²) in [5, 5.41) is 19.0. The zero-order chi connectivity index (χ0) is 22.5. The number of nitrogens with two attached hydrogens (primary N) is 1. The first-order chi connectivity index (χ1) is 14.1. The van der Waals surface area contributed by atoms with E-state index in [1.807, 2.05) is 12.1 Å². The fourth-order valence-electron chi connectivity index (χ4n) is 2.41. The number of nitriles is 2. The van der Waals surface area contributed by atoms with Gasteiger partial charge < -0.3 is 20.1 Å². The summed E-state index contributed by atoms with van der Waals surface area (Å²) in [5.74, 6) is 0.435. The number of amides is 1. The third-order valence-electron chi connectivity index (χ3n) is 3.82. The first-order valence-corrected chi connectivity index (χ1v) is 9.38. The molecule has 1 amide bonds. The molecule has 2 N–H and O–H groups in total. The van der Waals surface area contributed by atoms with Crippen LogP contribution >= 0.6 is 12.6 Å². The van der Waals surface area contributed by atoms with Crippen LogP contribution in [0.15, 0.2) is 23.4 Å². The van der Waals surface area contributed by atoms with Crippen molar-refractivity contribution in [3.05, 3.63) is 29.5 Å². The maximum atomic E-state index is 11.9. The molecule has 2 rings (SSSR count). The average Bonchev–Trinajstić information content (AvgIpc) is 2.66. The molecule has 0 aromatic carbocycles. The number of nitrogens with zero attached hydrogens (tertiary/aromatic N) is 5. The number of likely N-dealkylation sites (N-methyl/N-ethyl adjacent to an activating group) is 1. The number of pyridine rings is 2. The van der Waals surface area contributed by atoms with Gasteiger partial charge in [-0.3, -0.25) is 4.98 Å². The Hall–Kier alpha value is -3.50. The summed E-state index contributed by atoms with van der Waals surface area (Å²) in [7, 11) is 1.62. The number of hydrogen-bond donors (Lipinski definition) is 2. The molecule has 0 radical (unpaired) electrons. The number of anilines is 1. The zero-order valence-corrected chi connectivity index (χ0v) is 18.0. The predicted octanol–water partition coefficient (Wildman–Crippen LogP) is 3.00. The van der Waals surface area contributed by atoms with E-state index in [1.54, 1.807) is 40.0 Å². The molecule has 10 heteroatoms. The molecule has 0 saturated carbocycles. The molecule has 0 aliphatic heterocycles. The van der Waals surface area contributed by atoms with Crippen molar-refractivity contribution in [2.45, 2.75) is 31.4 Å². The second-order valence-corrected chi connectivity index (χ2v) is 7.72. The van der Waals surface area contributed by atoms with Gasteiger partial charge in [-0.25, -0.2) is 9.78 Å². The molecule has 156 valence electrons. The number of nitrogen functional groups attached to an aromatic ring is 1. The van der Waals surface area contributed by atoms with Crippen LogP contribution in [0.5, 0.6) is 5.75 Å². The number of carbonyl (C=O) groups is 1. The highest BCUT2D eigenvalue weighted by Gasteiger charge is 2.20. The first-order valence-electron chi connectivity index (χ1n) is 8.93. The van der Waals surface area contributed by atoms with Crippen LogP contribution in [0, 0.1) is 22.7 Å². The van der Waals surface area contributed by atoms with Crippen molar-refractivity contribution in [1.82, 2.24) is 14.9 Å². The highest BCUT2D eigenvalue weighted by atomic mass is 32.1. The molecule has 0 spiro atoms. The third kappa shape index (κ3) is 5.52. The summed E-state index contributed by atoms with van der Waals surface area (Å²) in [4.78, 5) is 21.6. The van der Waals surface area contributed by atoms with Gasteiger partial charge in [-0.2, -0.15) is 10.5 Å². The first kappa shape index (κ1) is 22.8. The Labute approximate surface area is 180 Å². The highest BCUT2D eigenvalue weighted by Crippen LogP contribution is 2.32. The van der Waals surface area contributed by atoms with Gasteiger partial charge in [-0.05, 0) is 32.9 Å². The Bertz CT molecular complexity index is 981. The lowest BCUT2D eigenvalue weighted by molar-refractivity contribution is 0.0278. The SMILES string of the molecule is CN(CCOc1ccc(-c2c(C#N)c(N)nc(S)c2C#N)nc1)C(=O)OC(C)(C)C. The minimum atomic E-state index is -0.570. The molecule has 30 heavy (non-hydrogen) atoms. The number of hydrogen-bond acceptors (Lipinski definition) is 9. The molecule has 9 nitrogen and oxygen atoms in total. The van der Waals surface area contributed by atoms with Crippen molar-refractivity contribution in [1.29, 1.82) is 10.5 Å². The van der Waals surface area contributed by atoms with E-state index in [4.69, 9.17) is 15.2 Å². The molecule has 0 saturated heterocycles. The van der Waals surface area contributed by atoms with E-state index in [9.17, 15) is 15.3 Å². The zero-order valence-electron chi connectivity index (χ0n) is 17.1. The van der Waals surface area contributed by atoms with Crippen LogP contribution in [0.1, 0.15) is 31.9 Å². The van der Waals surface area contributed by atoms with E-state index in [1.165, 1.54) is 11.1 Å². The van der Waals surface area contributed by atoms with Gasteiger partial charge in [0.1, 0.15) is 46.5 Å². The van der Waals surface area contributed by atoms with Gasteiger partial charge in [0.25, 0.3) is 0 Å². The smallest absolute Gasteiger partial charge is 0.410 e. The summed E-state index contributed by atoms with van der Waals surface area (Å²) in [6, 6.07) is 7.20. The molecule has 0 aliphatic carbocycles. The van der Waals surface area contributed by atoms with E-state index in [0.29, 0.717) is 18.0 Å². The number of carbonyl (C=O) groups excluding carboxylic acids is 1. The van der Waals surface area contributed by atoms with Crippen LogP contribution in [0.2, 0.25) is 0 Å². The van der Waals surface area contributed by atoms with E-state index in [0.717, 1.165) is 0 Å². The average molecular weight is 427 g/mol. The lowest BCUT2D eigenvalue weighted by atomic mass is 10.0. The summed E-state index contributed by atoms with van der Waals surface area (Å²) in [5.41, 5.74) is 6.04. The molecular formula is C20H22N6O3S. The maximum absolute atomic E-state index is 11.9. The standard InChI is InChI=1S/C20H22N6O3S/c1-20(2,3)29-19(27)26(4)7-8-28-12-5-6-15(24-11-12)16-13(9-21)17(23)25-18(30)14(16)10-22/h5-6,11H,7-8H2,1-4H3,(H3,23,25,30). The minimum absolute atomic E-state index is 0.0243. The van der Waals surface area contributed by atoms with Crippen molar-refractivity contribution < 1.29 is 14.3 Å². The van der Waals surface area contributed by atoms with Crippen LogP contribution < -0.4 is 10.5 Å². The quantitative estimate of drug-likeness (QED) is 0.696. The van der Waals surface area contributed by atoms with Crippen LogP contribution in [0.3, 0.4) is 0 Å². The van der Waals surface area contributed by atoms with Gasteiger partial charge in [0.2, 0.25) is 0 Å². The summed E-state index contributed by atoms with van der Waals surface area (Å²) in [6.45, 7) is 5.94. The minimum Gasteiger partial charge on any atom is -0.490 e. The topological polar surface area (TPSA) is 138 Å².